The molecule has 3 rings (SSSR count). The highest BCUT2D eigenvalue weighted by Crippen LogP contribution is 2.38. The number of nitrogens with one attached hydrogen (secondary N) is 1. The number of hydrogen-bond donors (Lipinski definition) is 1. The monoisotopic (exact) mass is 345 g/mol. The third kappa shape index (κ3) is 4.03. The Bertz CT molecular complexity index is 673. The Morgan fingerprint density at radius 3 is 2.58 bits per heavy atom. The molecule has 2 aromatic carbocycles. The molecule has 0 radical (unpaired) electrons. The number of ether oxygens (including phenoxy) is 2. The van der Waals surface area contributed by atoms with Crippen LogP contribution in [-0.4, -0.2) is 13.2 Å². The summed E-state index contributed by atoms with van der Waals surface area (Å²) in [6, 6.07) is 14.8. The molecule has 0 fully saturated rings. The summed E-state index contributed by atoms with van der Waals surface area (Å²) in [4.78, 5) is 0. The fourth-order valence-corrected chi connectivity index (χ4v) is 3.30. The Hall–Kier alpha value is -1.71. The predicted molar refractivity (Wildman–Crippen MR) is 97.9 cm³/mol. The molecule has 0 amide bonds. The first-order valence-electron chi connectivity index (χ1n) is 8.51. The van der Waals surface area contributed by atoms with Gasteiger partial charge in [-0.05, 0) is 29.2 Å². The lowest BCUT2D eigenvalue weighted by Crippen LogP contribution is -2.25. The van der Waals surface area contributed by atoms with Gasteiger partial charge in [-0.3, -0.25) is 0 Å². The number of benzene rings is 2. The predicted octanol–water partition coefficient (Wildman–Crippen LogP) is 4.99. The van der Waals surface area contributed by atoms with Crippen LogP contribution in [0.1, 0.15) is 37.4 Å². The molecule has 1 aliphatic rings. The van der Waals surface area contributed by atoms with E-state index in [0.29, 0.717) is 35.9 Å². The first-order chi connectivity index (χ1) is 11.6. The van der Waals surface area contributed by atoms with Crippen molar-refractivity contribution < 1.29 is 9.47 Å². The Labute approximate surface area is 148 Å². The molecule has 0 spiro atoms. The molecule has 0 saturated carbocycles. The lowest BCUT2D eigenvalue weighted by molar-refractivity contribution is 0.297. The Kier molecular flexibility index (Phi) is 5.64. The molecule has 1 atom stereocenters. The summed E-state index contributed by atoms with van der Waals surface area (Å²) in [6.07, 6.45) is 0.877. The van der Waals surface area contributed by atoms with E-state index in [-0.39, 0.29) is 0 Å². The van der Waals surface area contributed by atoms with Crippen molar-refractivity contribution >= 4 is 11.6 Å². The van der Waals surface area contributed by atoms with Crippen molar-refractivity contribution in [2.24, 2.45) is 5.92 Å². The van der Waals surface area contributed by atoms with Crippen LogP contribution < -0.4 is 14.8 Å². The van der Waals surface area contributed by atoms with Crippen LogP contribution in [0.4, 0.5) is 0 Å². The summed E-state index contributed by atoms with van der Waals surface area (Å²) < 4.78 is 11.5. The van der Waals surface area contributed by atoms with Gasteiger partial charge in [0.2, 0.25) is 0 Å². The highest BCUT2D eigenvalue weighted by atomic mass is 35.5. The van der Waals surface area contributed by atoms with E-state index in [0.717, 1.165) is 24.3 Å². The van der Waals surface area contributed by atoms with Crippen LogP contribution in [0.5, 0.6) is 11.5 Å². The zero-order chi connectivity index (χ0) is 16.9. The third-order valence-corrected chi connectivity index (χ3v) is 4.49. The fourth-order valence-electron chi connectivity index (χ4n) is 3.01. The van der Waals surface area contributed by atoms with Gasteiger partial charge in [0.25, 0.3) is 0 Å². The van der Waals surface area contributed by atoms with Gasteiger partial charge in [-0.15, -0.1) is 0 Å². The molecule has 0 bridgehead atoms. The molecule has 4 heteroatoms. The molecular weight excluding hydrogens is 322 g/mol. The van der Waals surface area contributed by atoms with Gasteiger partial charge in [0.05, 0.1) is 18.2 Å². The summed E-state index contributed by atoms with van der Waals surface area (Å²) in [5.74, 6) is 1.90. The van der Waals surface area contributed by atoms with Crippen LogP contribution in [-0.2, 0) is 6.54 Å². The molecule has 1 unspecified atom stereocenters. The topological polar surface area (TPSA) is 30.5 Å². The van der Waals surface area contributed by atoms with E-state index in [1.807, 2.05) is 18.2 Å². The van der Waals surface area contributed by atoms with Gasteiger partial charge in [0.1, 0.15) is 0 Å². The Balaban J connectivity index is 1.76. The largest absolute Gasteiger partial charge is 0.489 e. The first kappa shape index (κ1) is 17.1. The van der Waals surface area contributed by atoms with Crippen LogP contribution in [0.2, 0.25) is 5.02 Å². The van der Waals surface area contributed by atoms with E-state index in [1.54, 1.807) is 0 Å². The van der Waals surface area contributed by atoms with Gasteiger partial charge in [0, 0.05) is 19.0 Å². The molecule has 1 heterocycles. The Morgan fingerprint density at radius 2 is 1.83 bits per heavy atom. The molecular formula is C20H24ClNO2. The van der Waals surface area contributed by atoms with Gasteiger partial charge in [-0.25, -0.2) is 0 Å². The van der Waals surface area contributed by atoms with Crippen molar-refractivity contribution in [1.29, 1.82) is 0 Å². The zero-order valence-corrected chi connectivity index (χ0v) is 15.0. The second-order valence-electron chi connectivity index (χ2n) is 6.47. The smallest absolute Gasteiger partial charge is 0.179 e. The van der Waals surface area contributed by atoms with Crippen molar-refractivity contribution in [3.05, 3.63) is 58.6 Å². The number of hydrogen-bond acceptors (Lipinski definition) is 3. The van der Waals surface area contributed by atoms with E-state index in [2.05, 4.69) is 43.4 Å². The maximum Gasteiger partial charge on any atom is 0.179 e. The number of rotatable bonds is 5. The summed E-state index contributed by atoms with van der Waals surface area (Å²) in [5.41, 5.74) is 2.40. The fraction of sp³-hybridized carbons (Fsp3) is 0.400. The molecule has 128 valence electrons. The van der Waals surface area contributed by atoms with Crippen molar-refractivity contribution in [2.75, 3.05) is 13.2 Å². The average Bonchev–Trinajstić information content (AvgIpc) is 2.81. The minimum absolute atomic E-state index is 0.293. The zero-order valence-electron chi connectivity index (χ0n) is 14.2. The van der Waals surface area contributed by atoms with E-state index in [1.165, 1.54) is 5.56 Å². The van der Waals surface area contributed by atoms with Crippen LogP contribution in [0, 0.1) is 5.92 Å². The van der Waals surface area contributed by atoms with E-state index < -0.39 is 0 Å². The van der Waals surface area contributed by atoms with E-state index in [9.17, 15) is 0 Å². The maximum atomic E-state index is 6.38. The molecule has 1 N–H and O–H groups in total. The normalized spacial score (nSPS) is 15.2. The maximum absolute atomic E-state index is 6.38. The SMILES string of the molecule is CC(C)C(NCc1cc(Cl)c2c(c1)OCCCO2)c1ccccc1. The quantitative estimate of drug-likeness (QED) is 0.828. The summed E-state index contributed by atoms with van der Waals surface area (Å²) >= 11 is 6.38. The van der Waals surface area contributed by atoms with Crippen LogP contribution in [0.3, 0.4) is 0 Å². The van der Waals surface area contributed by atoms with Crippen molar-refractivity contribution in [1.82, 2.24) is 5.32 Å². The summed E-state index contributed by atoms with van der Waals surface area (Å²) in [5, 5.41) is 4.26. The highest BCUT2D eigenvalue weighted by Gasteiger charge is 2.18. The molecule has 0 saturated heterocycles. The number of halogens is 1. The van der Waals surface area contributed by atoms with Gasteiger partial charge in [-0.2, -0.15) is 0 Å². The van der Waals surface area contributed by atoms with Gasteiger partial charge in [0.15, 0.2) is 11.5 Å². The van der Waals surface area contributed by atoms with E-state index >= 15 is 0 Å². The van der Waals surface area contributed by atoms with Crippen LogP contribution in [0.25, 0.3) is 0 Å². The summed E-state index contributed by atoms with van der Waals surface area (Å²) in [7, 11) is 0. The van der Waals surface area contributed by atoms with Gasteiger partial charge in [-0.1, -0.05) is 55.8 Å². The standard InChI is InChI=1S/C20H24ClNO2/c1-14(2)19(16-7-4-3-5-8-16)22-13-15-11-17(21)20-18(12-15)23-9-6-10-24-20/h3-5,7-8,11-12,14,19,22H,6,9-10,13H2,1-2H3. The molecule has 2 aromatic rings. The second-order valence-corrected chi connectivity index (χ2v) is 6.88. The molecule has 0 aromatic heterocycles. The summed E-state index contributed by atoms with van der Waals surface area (Å²) in [6.45, 7) is 6.50. The molecule has 3 nitrogen and oxygen atoms in total. The Morgan fingerprint density at radius 1 is 1.08 bits per heavy atom. The minimum Gasteiger partial charge on any atom is -0.489 e. The lowest BCUT2D eigenvalue weighted by Gasteiger charge is -2.23. The lowest BCUT2D eigenvalue weighted by atomic mass is 9.96. The molecule has 1 aliphatic heterocycles. The van der Waals surface area contributed by atoms with Crippen LogP contribution in [0.15, 0.2) is 42.5 Å². The average molecular weight is 346 g/mol. The van der Waals surface area contributed by atoms with Gasteiger partial charge < -0.3 is 14.8 Å². The van der Waals surface area contributed by atoms with Crippen molar-refractivity contribution in [2.45, 2.75) is 32.9 Å². The first-order valence-corrected chi connectivity index (χ1v) is 8.89. The third-order valence-electron chi connectivity index (χ3n) is 4.21. The van der Waals surface area contributed by atoms with Crippen molar-refractivity contribution in [3.63, 3.8) is 0 Å². The molecule has 24 heavy (non-hydrogen) atoms. The molecule has 0 aliphatic carbocycles. The van der Waals surface area contributed by atoms with E-state index in [4.69, 9.17) is 21.1 Å². The van der Waals surface area contributed by atoms with Crippen LogP contribution >= 0.6 is 11.6 Å². The number of fused-ring (bicyclic) bond motifs is 1. The van der Waals surface area contributed by atoms with Crippen molar-refractivity contribution in [3.8, 4) is 11.5 Å². The second kappa shape index (κ2) is 7.91. The minimum atomic E-state index is 0.293. The van der Waals surface area contributed by atoms with Gasteiger partial charge >= 0.3 is 0 Å². The highest BCUT2D eigenvalue weighted by molar-refractivity contribution is 6.32.